The van der Waals surface area contributed by atoms with Gasteiger partial charge in [-0.2, -0.15) is 0 Å². The van der Waals surface area contributed by atoms with Crippen LogP contribution in [0.25, 0.3) is 0 Å². The highest BCUT2D eigenvalue weighted by Gasteiger charge is 2.58. The number of hydrogen-bond acceptors (Lipinski definition) is 5. The lowest BCUT2D eigenvalue weighted by molar-refractivity contribution is -0.148. The summed E-state index contributed by atoms with van der Waals surface area (Å²) in [5.41, 5.74) is -0.000549. The molecule has 0 unspecified atom stereocenters. The molecule has 0 radical (unpaired) electrons. The van der Waals surface area contributed by atoms with Crippen molar-refractivity contribution < 1.29 is 18.3 Å². The first kappa shape index (κ1) is 16.4. The van der Waals surface area contributed by atoms with E-state index in [2.05, 4.69) is 9.88 Å². The lowest BCUT2D eigenvalue weighted by Gasteiger charge is -2.24. The molecule has 1 aromatic heterocycles. The number of aromatic nitrogens is 1. The largest absolute Gasteiger partial charge is 0.481 e. The van der Waals surface area contributed by atoms with Crippen molar-refractivity contribution in [2.45, 2.75) is 6.42 Å². The van der Waals surface area contributed by atoms with Crippen molar-refractivity contribution in [1.82, 2.24) is 14.2 Å². The third-order valence-electron chi connectivity index (χ3n) is 4.95. The first-order valence-corrected chi connectivity index (χ1v) is 9.47. The molecule has 7 nitrogen and oxygen atoms in total. The molecule has 0 aromatic carbocycles. The Morgan fingerprint density at radius 1 is 1.39 bits per heavy atom. The highest BCUT2D eigenvalue weighted by Crippen LogP contribution is 2.43. The molecule has 2 fully saturated rings. The Labute approximate surface area is 136 Å². The third-order valence-corrected chi connectivity index (χ3v) is 6.17. The number of carboxylic acid groups (broad SMARTS) is 1. The second-order valence-corrected chi connectivity index (χ2v) is 8.50. The Hall–Kier alpha value is -1.51. The number of carbonyl (C=O) groups is 1. The Kier molecular flexibility index (Phi) is 4.16. The summed E-state index contributed by atoms with van der Waals surface area (Å²) in [6, 6.07) is 5.75. The van der Waals surface area contributed by atoms with Crippen LogP contribution in [-0.2, 0) is 21.2 Å². The van der Waals surface area contributed by atoms with Crippen LogP contribution in [0.3, 0.4) is 0 Å². The van der Waals surface area contributed by atoms with Crippen LogP contribution in [0.15, 0.2) is 24.4 Å². The van der Waals surface area contributed by atoms with Gasteiger partial charge in [0, 0.05) is 57.0 Å². The van der Waals surface area contributed by atoms with Gasteiger partial charge in [-0.05, 0) is 12.1 Å². The molecule has 0 bridgehead atoms. The van der Waals surface area contributed by atoms with Gasteiger partial charge in [-0.25, -0.2) is 12.7 Å². The van der Waals surface area contributed by atoms with Gasteiger partial charge in [-0.15, -0.1) is 0 Å². The van der Waals surface area contributed by atoms with E-state index in [-0.39, 0.29) is 12.5 Å². The number of aliphatic carboxylic acids is 1. The molecule has 1 aromatic rings. The van der Waals surface area contributed by atoms with Crippen LogP contribution in [0.4, 0.5) is 0 Å². The fraction of sp³-hybridized carbons (Fsp3) is 0.600. The maximum absolute atomic E-state index is 11.8. The van der Waals surface area contributed by atoms with Crippen molar-refractivity contribution >= 4 is 16.0 Å². The van der Waals surface area contributed by atoms with Crippen molar-refractivity contribution in [3.05, 3.63) is 30.1 Å². The summed E-state index contributed by atoms with van der Waals surface area (Å²) < 4.78 is 24.8. The smallest absolute Gasteiger partial charge is 0.312 e. The van der Waals surface area contributed by atoms with Gasteiger partial charge in [0.1, 0.15) is 0 Å². The van der Waals surface area contributed by atoms with E-state index < -0.39 is 21.4 Å². The summed E-state index contributed by atoms with van der Waals surface area (Å²) in [5.74, 6) is -1.05. The molecule has 8 heteroatoms. The van der Waals surface area contributed by atoms with Crippen molar-refractivity contribution in [3.63, 3.8) is 0 Å². The molecule has 3 rings (SSSR count). The van der Waals surface area contributed by atoms with E-state index in [0.717, 1.165) is 24.9 Å². The maximum atomic E-state index is 11.8. The minimum absolute atomic E-state index is 0.0753. The Balaban J connectivity index is 1.68. The van der Waals surface area contributed by atoms with Gasteiger partial charge in [0.05, 0.1) is 11.7 Å². The first-order valence-electron chi connectivity index (χ1n) is 7.62. The fourth-order valence-corrected chi connectivity index (χ4v) is 4.58. The van der Waals surface area contributed by atoms with Crippen LogP contribution in [-0.4, -0.2) is 72.7 Å². The molecule has 0 amide bonds. The van der Waals surface area contributed by atoms with Crippen molar-refractivity contribution in [1.29, 1.82) is 0 Å². The van der Waals surface area contributed by atoms with E-state index in [1.807, 2.05) is 18.2 Å². The van der Waals surface area contributed by atoms with Gasteiger partial charge in [0.2, 0.25) is 10.0 Å². The molecular weight excluding hydrogens is 318 g/mol. The Morgan fingerprint density at radius 2 is 2.17 bits per heavy atom. The number of pyridine rings is 1. The molecule has 0 saturated carbocycles. The van der Waals surface area contributed by atoms with E-state index in [4.69, 9.17) is 0 Å². The zero-order valence-electron chi connectivity index (χ0n) is 13.1. The zero-order valence-corrected chi connectivity index (χ0v) is 13.9. The summed E-state index contributed by atoms with van der Waals surface area (Å²) in [6.45, 7) is 2.12. The van der Waals surface area contributed by atoms with Gasteiger partial charge in [0.15, 0.2) is 0 Å². The molecule has 2 aliphatic rings. The predicted octanol–water partition coefficient (Wildman–Crippen LogP) is -0.0979. The number of fused-ring (bicyclic) bond motifs is 1. The lowest BCUT2D eigenvalue weighted by Crippen LogP contribution is -2.42. The van der Waals surface area contributed by atoms with Gasteiger partial charge in [0.25, 0.3) is 0 Å². The molecule has 23 heavy (non-hydrogen) atoms. The third kappa shape index (κ3) is 3.11. The SMILES string of the molecule is CS(=O)(=O)N1C[C@H]2CN(CCc3ccccn3)C[C@@]2(C(=O)O)C1. The molecule has 0 aliphatic carbocycles. The molecule has 126 valence electrons. The number of rotatable bonds is 5. The number of hydrogen-bond donors (Lipinski definition) is 1. The van der Waals surface area contributed by atoms with Gasteiger partial charge < -0.3 is 10.0 Å². The van der Waals surface area contributed by atoms with Crippen LogP contribution in [0.5, 0.6) is 0 Å². The predicted molar refractivity (Wildman–Crippen MR) is 84.4 cm³/mol. The Morgan fingerprint density at radius 3 is 2.74 bits per heavy atom. The second-order valence-electron chi connectivity index (χ2n) is 6.52. The van der Waals surface area contributed by atoms with E-state index in [9.17, 15) is 18.3 Å². The fourth-order valence-electron chi connectivity index (χ4n) is 3.67. The van der Waals surface area contributed by atoms with Crippen LogP contribution in [0, 0.1) is 11.3 Å². The van der Waals surface area contributed by atoms with Crippen molar-refractivity contribution in [2.75, 3.05) is 39.0 Å². The van der Waals surface area contributed by atoms with E-state index >= 15 is 0 Å². The zero-order chi connectivity index (χ0) is 16.7. The first-order chi connectivity index (χ1) is 10.8. The summed E-state index contributed by atoms with van der Waals surface area (Å²) in [4.78, 5) is 18.2. The standard InChI is InChI=1S/C15H21N3O4S/c1-23(21,22)18-9-12-8-17(10-15(12,11-18)14(19)20)7-5-13-4-2-3-6-16-13/h2-4,6,12H,5,7-11H2,1H3,(H,19,20)/t12-,15-/m1/s1. The van der Waals surface area contributed by atoms with Crippen molar-refractivity contribution in [3.8, 4) is 0 Å². The van der Waals surface area contributed by atoms with Crippen LogP contribution in [0.2, 0.25) is 0 Å². The quantitative estimate of drug-likeness (QED) is 0.806. The summed E-state index contributed by atoms with van der Waals surface area (Å²) in [7, 11) is -3.35. The summed E-state index contributed by atoms with van der Waals surface area (Å²) in [5, 5.41) is 9.70. The van der Waals surface area contributed by atoms with Gasteiger partial charge >= 0.3 is 5.97 Å². The maximum Gasteiger partial charge on any atom is 0.312 e. The highest BCUT2D eigenvalue weighted by atomic mass is 32.2. The van der Waals surface area contributed by atoms with E-state index in [1.165, 1.54) is 4.31 Å². The van der Waals surface area contributed by atoms with E-state index in [0.29, 0.717) is 19.6 Å². The molecule has 3 heterocycles. The molecule has 2 aliphatic heterocycles. The number of likely N-dealkylation sites (tertiary alicyclic amines) is 1. The summed E-state index contributed by atoms with van der Waals surface area (Å²) >= 11 is 0. The number of nitrogens with zero attached hydrogens (tertiary/aromatic N) is 3. The molecule has 1 N–H and O–H groups in total. The minimum atomic E-state index is -3.35. The molecule has 2 saturated heterocycles. The summed E-state index contributed by atoms with van der Waals surface area (Å²) in [6.07, 6.45) is 3.65. The monoisotopic (exact) mass is 339 g/mol. The average Bonchev–Trinajstić information content (AvgIpc) is 3.00. The normalized spacial score (nSPS) is 28.8. The highest BCUT2D eigenvalue weighted by molar-refractivity contribution is 7.88. The Bertz CT molecular complexity index is 694. The minimum Gasteiger partial charge on any atom is -0.481 e. The van der Waals surface area contributed by atoms with Crippen molar-refractivity contribution in [2.24, 2.45) is 11.3 Å². The molecular formula is C15H21N3O4S. The second kappa shape index (κ2) is 5.85. The van der Waals surface area contributed by atoms with Gasteiger partial charge in [-0.3, -0.25) is 9.78 Å². The van der Waals surface area contributed by atoms with Crippen LogP contribution >= 0.6 is 0 Å². The molecule has 2 atom stereocenters. The van der Waals surface area contributed by atoms with Crippen LogP contribution < -0.4 is 0 Å². The lowest BCUT2D eigenvalue weighted by atomic mass is 9.81. The topological polar surface area (TPSA) is 90.8 Å². The number of carboxylic acids is 1. The van der Waals surface area contributed by atoms with Gasteiger partial charge in [-0.1, -0.05) is 6.07 Å². The van der Waals surface area contributed by atoms with E-state index in [1.54, 1.807) is 6.20 Å². The molecule has 0 spiro atoms. The number of sulfonamides is 1. The van der Waals surface area contributed by atoms with Crippen LogP contribution in [0.1, 0.15) is 5.69 Å². The average molecular weight is 339 g/mol.